The molecule has 18 heavy (non-hydrogen) atoms. The third-order valence-electron chi connectivity index (χ3n) is 2.63. The number of rotatable bonds is 3. The summed E-state index contributed by atoms with van der Waals surface area (Å²) in [6, 6.07) is 15.7. The first-order valence-corrected chi connectivity index (χ1v) is 6.02. The lowest BCUT2D eigenvalue weighted by Gasteiger charge is -2.06. The van der Waals surface area contributed by atoms with Crippen LogP contribution in [-0.4, -0.2) is 12.8 Å². The van der Waals surface area contributed by atoms with E-state index in [4.69, 9.17) is 16.4 Å². The molecule has 2 aromatic carbocycles. The molecular formula is C15H14ClNO. The summed E-state index contributed by atoms with van der Waals surface area (Å²) in [5.41, 5.74) is 4.01. The summed E-state index contributed by atoms with van der Waals surface area (Å²) in [7, 11) is 1.55. The van der Waals surface area contributed by atoms with Crippen LogP contribution in [0.3, 0.4) is 0 Å². The van der Waals surface area contributed by atoms with Gasteiger partial charge in [-0.1, -0.05) is 58.7 Å². The summed E-state index contributed by atoms with van der Waals surface area (Å²) in [5, 5.41) is 4.81. The summed E-state index contributed by atoms with van der Waals surface area (Å²) in [6.07, 6.45) is 0. The van der Waals surface area contributed by atoms with Crippen LogP contribution < -0.4 is 0 Å². The van der Waals surface area contributed by atoms with Crippen LogP contribution in [0.25, 0.3) is 0 Å². The van der Waals surface area contributed by atoms with E-state index >= 15 is 0 Å². The Kier molecular flexibility index (Phi) is 4.00. The molecule has 2 aromatic rings. The first kappa shape index (κ1) is 12.7. The third kappa shape index (κ3) is 2.90. The van der Waals surface area contributed by atoms with Crippen molar-refractivity contribution >= 4 is 17.3 Å². The second kappa shape index (κ2) is 5.69. The topological polar surface area (TPSA) is 21.6 Å². The van der Waals surface area contributed by atoms with Crippen molar-refractivity contribution in [2.45, 2.75) is 6.92 Å². The summed E-state index contributed by atoms with van der Waals surface area (Å²) in [5.74, 6) is 0. The maximum atomic E-state index is 5.89. The highest BCUT2D eigenvalue weighted by atomic mass is 35.5. The first-order valence-electron chi connectivity index (χ1n) is 5.65. The average Bonchev–Trinajstić information content (AvgIpc) is 2.39. The molecule has 0 aliphatic heterocycles. The van der Waals surface area contributed by atoms with E-state index in [1.54, 1.807) is 7.11 Å². The maximum Gasteiger partial charge on any atom is 0.117 e. The molecule has 0 saturated heterocycles. The van der Waals surface area contributed by atoms with Crippen molar-refractivity contribution in [2.75, 3.05) is 7.11 Å². The van der Waals surface area contributed by atoms with Gasteiger partial charge in [0.05, 0.1) is 0 Å². The van der Waals surface area contributed by atoms with Crippen molar-refractivity contribution in [3.8, 4) is 0 Å². The molecule has 0 radical (unpaired) electrons. The zero-order valence-corrected chi connectivity index (χ0v) is 11.1. The highest BCUT2D eigenvalue weighted by Gasteiger charge is 2.07. The molecule has 3 heteroatoms. The van der Waals surface area contributed by atoms with Gasteiger partial charge in [0.1, 0.15) is 12.8 Å². The smallest absolute Gasteiger partial charge is 0.117 e. The SMILES string of the molecule is CO/N=C(/c1ccc(C)cc1)c1ccc(Cl)cc1. The summed E-state index contributed by atoms with van der Waals surface area (Å²) in [6.45, 7) is 2.05. The molecule has 0 heterocycles. The van der Waals surface area contributed by atoms with Gasteiger partial charge in [-0.05, 0) is 19.1 Å². The van der Waals surface area contributed by atoms with Crippen molar-refractivity contribution in [1.29, 1.82) is 0 Å². The van der Waals surface area contributed by atoms with Crippen LogP contribution in [0.2, 0.25) is 5.02 Å². The molecule has 0 spiro atoms. The Morgan fingerprint density at radius 2 is 1.44 bits per heavy atom. The monoisotopic (exact) mass is 259 g/mol. The van der Waals surface area contributed by atoms with Crippen LogP contribution in [-0.2, 0) is 4.84 Å². The Labute approximate surface area is 112 Å². The first-order chi connectivity index (χ1) is 8.70. The van der Waals surface area contributed by atoms with Gasteiger partial charge in [0.2, 0.25) is 0 Å². The van der Waals surface area contributed by atoms with Crippen molar-refractivity contribution < 1.29 is 4.84 Å². The zero-order valence-electron chi connectivity index (χ0n) is 10.4. The van der Waals surface area contributed by atoms with Crippen LogP contribution in [0, 0.1) is 6.92 Å². The Morgan fingerprint density at radius 1 is 0.944 bits per heavy atom. The van der Waals surface area contributed by atoms with Crippen LogP contribution in [0.1, 0.15) is 16.7 Å². The van der Waals surface area contributed by atoms with Gasteiger partial charge in [0.15, 0.2) is 0 Å². The standard InChI is InChI=1S/C15H14ClNO/c1-11-3-5-12(6-4-11)15(17-18-2)13-7-9-14(16)10-8-13/h3-10H,1-2H3/b17-15-. The van der Waals surface area contributed by atoms with Gasteiger partial charge in [-0.25, -0.2) is 0 Å². The largest absolute Gasteiger partial charge is 0.399 e. The molecule has 0 fully saturated rings. The van der Waals surface area contributed by atoms with Crippen LogP contribution in [0.5, 0.6) is 0 Å². The molecule has 0 amide bonds. The summed E-state index contributed by atoms with van der Waals surface area (Å²) >= 11 is 5.89. The van der Waals surface area contributed by atoms with Gasteiger partial charge in [0, 0.05) is 16.1 Å². The quantitative estimate of drug-likeness (QED) is 0.602. The fourth-order valence-corrected chi connectivity index (χ4v) is 1.81. The van der Waals surface area contributed by atoms with Gasteiger partial charge in [0.25, 0.3) is 0 Å². The average molecular weight is 260 g/mol. The van der Waals surface area contributed by atoms with Gasteiger partial charge in [-0.3, -0.25) is 0 Å². The molecule has 0 atom stereocenters. The van der Waals surface area contributed by atoms with E-state index in [0.29, 0.717) is 5.02 Å². The van der Waals surface area contributed by atoms with E-state index in [1.165, 1.54) is 5.56 Å². The predicted octanol–water partition coefficient (Wildman–Crippen LogP) is 4.05. The zero-order chi connectivity index (χ0) is 13.0. The van der Waals surface area contributed by atoms with Crippen molar-refractivity contribution in [3.05, 3.63) is 70.2 Å². The Bertz CT molecular complexity index is 496. The van der Waals surface area contributed by atoms with E-state index in [-0.39, 0.29) is 0 Å². The highest BCUT2D eigenvalue weighted by Crippen LogP contribution is 2.15. The van der Waals surface area contributed by atoms with E-state index in [0.717, 1.165) is 16.8 Å². The summed E-state index contributed by atoms with van der Waals surface area (Å²) in [4.78, 5) is 4.93. The van der Waals surface area contributed by atoms with Crippen LogP contribution >= 0.6 is 11.6 Å². The lowest BCUT2D eigenvalue weighted by Crippen LogP contribution is -2.03. The van der Waals surface area contributed by atoms with E-state index in [1.807, 2.05) is 36.4 Å². The van der Waals surface area contributed by atoms with E-state index < -0.39 is 0 Å². The molecule has 2 rings (SSSR count). The normalized spacial score (nSPS) is 11.4. The fraction of sp³-hybridized carbons (Fsp3) is 0.133. The second-order valence-corrected chi connectivity index (χ2v) is 4.43. The molecule has 0 N–H and O–H groups in total. The molecule has 0 aliphatic rings. The maximum absolute atomic E-state index is 5.89. The molecule has 0 saturated carbocycles. The molecule has 2 nitrogen and oxygen atoms in total. The highest BCUT2D eigenvalue weighted by molar-refractivity contribution is 6.30. The van der Waals surface area contributed by atoms with Gasteiger partial charge < -0.3 is 4.84 Å². The predicted molar refractivity (Wildman–Crippen MR) is 75.3 cm³/mol. The number of benzene rings is 2. The fourth-order valence-electron chi connectivity index (χ4n) is 1.68. The lowest BCUT2D eigenvalue weighted by atomic mass is 10.0. The Balaban J connectivity index is 2.43. The van der Waals surface area contributed by atoms with E-state index in [9.17, 15) is 0 Å². The molecule has 0 bridgehead atoms. The summed E-state index contributed by atoms with van der Waals surface area (Å²) < 4.78 is 0. The van der Waals surface area contributed by atoms with E-state index in [2.05, 4.69) is 24.2 Å². The Hall–Kier alpha value is -1.80. The van der Waals surface area contributed by atoms with Gasteiger partial charge >= 0.3 is 0 Å². The molecule has 0 aliphatic carbocycles. The minimum absolute atomic E-state index is 0.708. The third-order valence-corrected chi connectivity index (χ3v) is 2.88. The van der Waals surface area contributed by atoms with Crippen LogP contribution in [0.15, 0.2) is 53.7 Å². The minimum Gasteiger partial charge on any atom is -0.399 e. The number of halogens is 1. The number of hydrogen-bond acceptors (Lipinski definition) is 2. The number of oxime groups is 1. The minimum atomic E-state index is 0.708. The molecule has 92 valence electrons. The molecule has 0 aromatic heterocycles. The number of aryl methyl sites for hydroxylation is 1. The molecule has 0 unspecified atom stereocenters. The van der Waals surface area contributed by atoms with Gasteiger partial charge in [-0.15, -0.1) is 0 Å². The van der Waals surface area contributed by atoms with Crippen molar-refractivity contribution in [3.63, 3.8) is 0 Å². The lowest BCUT2D eigenvalue weighted by molar-refractivity contribution is 0.214. The van der Waals surface area contributed by atoms with Crippen LogP contribution in [0.4, 0.5) is 0 Å². The second-order valence-electron chi connectivity index (χ2n) is 4.00. The van der Waals surface area contributed by atoms with Crippen molar-refractivity contribution in [2.24, 2.45) is 5.16 Å². The number of nitrogens with zero attached hydrogens (tertiary/aromatic N) is 1. The van der Waals surface area contributed by atoms with Crippen molar-refractivity contribution in [1.82, 2.24) is 0 Å². The molecular weight excluding hydrogens is 246 g/mol. The van der Waals surface area contributed by atoms with Gasteiger partial charge in [-0.2, -0.15) is 0 Å². The number of hydrogen-bond donors (Lipinski definition) is 0. The Morgan fingerprint density at radius 3 is 1.94 bits per heavy atom.